The van der Waals surface area contributed by atoms with Crippen molar-refractivity contribution in [3.63, 3.8) is 0 Å². The highest BCUT2D eigenvalue weighted by atomic mass is 32.2. The molecule has 0 aliphatic rings. The Hall–Kier alpha value is -2.03. The standard InChI is InChI=1S/C17H20F2N2O3S/c18-17(19)24-16-8-6-15(7-9-16)12-20-10-11-25(22,23)21-13-14-4-2-1-3-5-14/h1-9,17,20-21H,10-13H2. The van der Waals surface area contributed by atoms with Gasteiger partial charge in [0.1, 0.15) is 5.75 Å². The molecular weight excluding hydrogens is 350 g/mol. The van der Waals surface area contributed by atoms with Crippen LogP contribution in [0.1, 0.15) is 11.1 Å². The Labute approximate surface area is 146 Å². The van der Waals surface area contributed by atoms with Crippen LogP contribution in [0, 0.1) is 0 Å². The molecule has 0 aliphatic heterocycles. The minimum atomic E-state index is -3.37. The molecule has 0 bridgehead atoms. The van der Waals surface area contributed by atoms with Gasteiger partial charge in [-0.3, -0.25) is 0 Å². The maximum absolute atomic E-state index is 12.1. The molecule has 0 saturated carbocycles. The Balaban J connectivity index is 1.69. The molecule has 0 atom stereocenters. The molecule has 0 spiro atoms. The lowest BCUT2D eigenvalue weighted by Crippen LogP contribution is -2.31. The number of halogens is 2. The van der Waals surface area contributed by atoms with E-state index in [1.54, 1.807) is 12.1 Å². The van der Waals surface area contributed by atoms with Crippen molar-refractivity contribution in [2.24, 2.45) is 0 Å². The first-order chi connectivity index (χ1) is 11.9. The Bertz CT molecular complexity index is 738. The van der Waals surface area contributed by atoms with Crippen LogP contribution in [-0.2, 0) is 23.1 Å². The van der Waals surface area contributed by atoms with E-state index in [0.717, 1.165) is 11.1 Å². The van der Waals surface area contributed by atoms with Crippen molar-refractivity contribution >= 4 is 10.0 Å². The highest BCUT2D eigenvalue weighted by Gasteiger charge is 2.09. The Morgan fingerprint density at radius 1 is 0.920 bits per heavy atom. The summed E-state index contributed by atoms with van der Waals surface area (Å²) in [5.41, 5.74) is 1.74. The highest BCUT2D eigenvalue weighted by Crippen LogP contribution is 2.14. The topological polar surface area (TPSA) is 67.4 Å². The molecule has 0 saturated heterocycles. The van der Waals surface area contributed by atoms with Crippen molar-refractivity contribution < 1.29 is 21.9 Å². The number of benzene rings is 2. The number of ether oxygens (including phenoxy) is 1. The fourth-order valence-corrected chi connectivity index (χ4v) is 3.03. The number of hydrogen-bond acceptors (Lipinski definition) is 4. The number of hydrogen-bond donors (Lipinski definition) is 2. The largest absolute Gasteiger partial charge is 0.435 e. The number of rotatable bonds is 10. The molecule has 2 N–H and O–H groups in total. The first-order valence-electron chi connectivity index (χ1n) is 7.70. The first-order valence-corrected chi connectivity index (χ1v) is 9.35. The van der Waals surface area contributed by atoms with E-state index in [0.29, 0.717) is 6.54 Å². The van der Waals surface area contributed by atoms with Crippen LogP contribution < -0.4 is 14.8 Å². The monoisotopic (exact) mass is 370 g/mol. The summed E-state index contributed by atoms with van der Waals surface area (Å²) in [7, 11) is -3.37. The van der Waals surface area contributed by atoms with Gasteiger partial charge in [-0.15, -0.1) is 0 Å². The van der Waals surface area contributed by atoms with Gasteiger partial charge in [0.15, 0.2) is 0 Å². The Morgan fingerprint density at radius 3 is 2.20 bits per heavy atom. The molecule has 0 heterocycles. The zero-order valence-corrected chi connectivity index (χ0v) is 14.3. The molecule has 0 aromatic heterocycles. The Morgan fingerprint density at radius 2 is 1.56 bits per heavy atom. The van der Waals surface area contributed by atoms with Gasteiger partial charge < -0.3 is 10.1 Å². The molecule has 0 amide bonds. The second-order valence-corrected chi connectivity index (χ2v) is 7.25. The highest BCUT2D eigenvalue weighted by molar-refractivity contribution is 7.89. The molecule has 2 rings (SSSR count). The van der Waals surface area contributed by atoms with Gasteiger partial charge >= 0.3 is 6.61 Å². The van der Waals surface area contributed by atoms with Crippen molar-refractivity contribution in [2.45, 2.75) is 19.7 Å². The maximum Gasteiger partial charge on any atom is 0.387 e. The second-order valence-electron chi connectivity index (χ2n) is 5.32. The third-order valence-electron chi connectivity index (χ3n) is 3.36. The van der Waals surface area contributed by atoms with Gasteiger partial charge in [0, 0.05) is 19.6 Å². The van der Waals surface area contributed by atoms with Crippen LogP contribution in [0.3, 0.4) is 0 Å². The zero-order valence-electron chi connectivity index (χ0n) is 13.5. The predicted molar refractivity (Wildman–Crippen MR) is 91.8 cm³/mol. The van der Waals surface area contributed by atoms with E-state index in [1.807, 2.05) is 30.3 Å². The maximum atomic E-state index is 12.1. The fraction of sp³-hybridized carbons (Fsp3) is 0.294. The lowest BCUT2D eigenvalue weighted by atomic mass is 10.2. The first kappa shape index (κ1) is 19.3. The summed E-state index contributed by atoms with van der Waals surface area (Å²) in [4.78, 5) is 0. The van der Waals surface area contributed by atoms with Gasteiger partial charge in [0.2, 0.25) is 10.0 Å². The molecule has 2 aromatic carbocycles. The summed E-state index contributed by atoms with van der Waals surface area (Å²) in [6, 6.07) is 15.5. The molecule has 8 heteroatoms. The lowest BCUT2D eigenvalue weighted by molar-refractivity contribution is -0.0498. The summed E-state index contributed by atoms with van der Waals surface area (Å²) in [6.07, 6.45) is 0. The van der Waals surface area contributed by atoms with Crippen LogP contribution in [0.25, 0.3) is 0 Å². The van der Waals surface area contributed by atoms with Gasteiger partial charge in [0.25, 0.3) is 0 Å². The van der Waals surface area contributed by atoms with Gasteiger partial charge in [-0.05, 0) is 23.3 Å². The van der Waals surface area contributed by atoms with Crippen LogP contribution in [0.2, 0.25) is 0 Å². The van der Waals surface area contributed by atoms with E-state index >= 15 is 0 Å². The summed E-state index contributed by atoms with van der Waals surface area (Å²) in [6.45, 7) is -1.88. The van der Waals surface area contributed by atoms with Crippen molar-refractivity contribution in [2.75, 3.05) is 12.3 Å². The lowest BCUT2D eigenvalue weighted by Gasteiger charge is -2.09. The van der Waals surface area contributed by atoms with Crippen molar-refractivity contribution in [3.8, 4) is 5.75 Å². The van der Waals surface area contributed by atoms with Crippen LogP contribution in [0.15, 0.2) is 54.6 Å². The predicted octanol–water partition coefficient (Wildman–Crippen LogP) is 2.50. The number of nitrogens with one attached hydrogen (secondary N) is 2. The fourth-order valence-electron chi connectivity index (χ4n) is 2.09. The minimum absolute atomic E-state index is 0.0492. The van der Waals surface area contributed by atoms with Crippen LogP contribution in [0.4, 0.5) is 8.78 Å². The molecule has 0 radical (unpaired) electrons. The Kier molecular flexibility index (Phi) is 7.30. The third kappa shape index (κ3) is 7.59. The second kappa shape index (κ2) is 9.45. The summed E-state index contributed by atoms with van der Waals surface area (Å²) in [5, 5.41) is 3.01. The van der Waals surface area contributed by atoms with Crippen molar-refractivity contribution in [1.29, 1.82) is 0 Å². The van der Waals surface area contributed by atoms with Crippen molar-refractivity contribution in [1.82, 2.24) is 10.0 Å². The SMILES string of the molecule is O=S(=O)(CCNCc1ccc(OC(F)F)cc1)NCc1ccccc1. The summed E-state index contributed by atoms with van der Waals surface area (Å²) >= 11 is 0. The average Bonchev–Trinajstić information content (AvgIpc) is 2.59. The third-order valence-corrected chi connectivity index (χ3v) is 4.69. The molecular formula is C17H20F2N2O3S. The number of sulfonamides is 1. The zero-order chi connectivity index (χ0) is 18.1. The molecule has 5 nitrogen and oxygen atoms in total. The quantitative estimate of drug-likeness (QED) is 0.631. The van der Waals surface area contributed by atoms with Crippen LogP contribution in [-0.4, -0.2) is 27.3 Å². The van der Waals surface area contributed by atoms with Gasteiger partial charge in [0.05, 0.1) is 5.75 Å². The molecule has 0 aliphatic carbocycles. The normalized spacial score (nSPS) is 11.6. The van der Waals surface area contributed by atoms with Gasteiger partial charge in [-0.2, -0.15) is 8.78 Å². The van der Waals surface area contributed by atoms with E-state index in [4.69, 9.17) is 0 Å². The van der Waals surface area contributed by atoms with Crippen molar-refractivity contribution in [3.05, 3.63) is 65.7 Å². The summed E-state index contributed by atoms with van der Waals surface area (Å²) < 4.78 is 54.8. The average molecular weight is 370 g/mol. The summed E-state index contributed by atoms with van der Waals surface area (Å²) in [5.74, 6) is 0.0401. The van der Waals surface area contributed by atoms with Gasteiger partial charge in [-0.1, -0.05) is 42.5 Å². The van der Waals surface area contributed by atoms with Crippen LogP contribution >= 0.6 is 0 Å². The van der Waals surface area contributed by atoms with Crippen LogP contribution in [0.5, 0.6) is 5.75 Å². The molecule has 0 fully saturated rings. The van der Waals surface area contributed by atoms with E-state index in [-0.39, 0.29) is 24.6 Å². The van der Waals surface area contributed by atoms with E-state index in [1.165, 1.54) is 12.1 Å². The number of alkyl halides is 2. The van der Waals surface area contributed by atoms with E-state index in [9.17, 15) is 17.2 Å². The van der Waals surface area contributed by atoms with Gasteiger partial charge in [-0.25, -0.2) is 13.1 Å². The molecule has 2 aromatic rings. The smallest absolute Gasteiger partial charge is 0.387 e. The molecule has 25 heavy (non-hydrogen) atoms. The molecule has 136 valence electrons. The van der Waals surface area contributed by atoms with E-state index < -0.39 is 16.6 Å². The molecule has 0 unspecified atom stereocenters. The van der Waals surface area contributed by atoms with E-state index in [2.05, 4.69) is 14.8 Å². The minimum Gasteiger partial charge on any atom is -0.435 e.